The maximum absolute atomic E-state index is 5.75. The molecule has 0 spiro atoms. The summed E-state index contributed by atoms with van der Waals surface area (Å²) in [5.41, 5.74) is 1.22. The summed E-state index contributed by atoms with van der Waals surface area (Å²) in [5, 5.41) is 0.768. The standard InChI is InChI=1S/C9H9BrCl2/c10-9(5-6-11)7-1-3-8(12)4-2-7/h1-4,9H,5-6H2. The molecule has 0 bridgehead atoms. The zero-order valence-electron chi connectivity index (χ0n) is 6.43. The van der Waals surface area contributed by atoms with Crippen LogP contribution in [0, 0.1) is 0 Å². The summed E-state index contributed by atoms with van der Waals surface area (Å²) in [4.78, 5) is 0.340. The van der Waals surface area contributed by atoms with Gasteiger partial charge >= 0.3 is 0 Å². The minimum absolute atomic E-state index is 0.340. The van der Waals surface area contributed by atoms with Crippen LogP contribution in [-0.2, 0) is 0 Å². The number of hydrogen-bond donors (Lipinski definition) is 0. The molecule has 66 valence electrons. The summed E-state index contributed by atoms with van der Waals surface area (Å²) in [7, 11) is 0. The van der Waals surface area contributed by atoms with Crippen molar-refractivity contribution in [2.75, 3.05) is 5.88 Å². The fourth-order valence-corrected chi connectivity index (χ4v) is 2.08. The van der Waals surface area contributed by atoms with Gasteiger partial charge in [0, 0.05) is 15.7 Å². The molecule has 0 N–H and O–H groups in total. The van der Waals surface area contributed by atoms with Crippen LogP contribution in [0.5, 0.6) is 0 Å². The Kier molecular flexibility index (Phi) is 4.41. The van der Waals surface area contributed by atoms with Gasteiger partial charge in [0.15, 0.2) is 0 Å². The summed E-state index contributed by atoms with van der Waals surface area (Å²) in [6.07, 6.45) is 0.934. The van der Waals surface area contributed by atoms with Gasteiger partial charge in [-0.05, 0) is 24.1 Å². The highest BCUT2D eigenvalue weighted by Crippen LogP contribution is 2.27. The fraction of sp³-hybridized carbons (Fsp3) is 0.333. The Bertz CT molecular complexity index is 233. The van der Waals surface area contributed by atoms with Crippen LogP contribution in [0.2, 0.25) is 5.02 Å². The molecule has 3 heteroatoms. The van der Waals surface area contributed by atoms with Crippen LogP contribution in [0.15, 0.2) is 24.3 Å². The highest BCUT2D eigenvalue weighted by Gasteiger charge is 2.05. The van der Waals surface area contributed by atoms with E-state index in [9.17, 15) is 0 Å². The van der Waals surface area contributed by atoms with Crippen LogP contribution in [0.4, 0.5) is 0 Å². The third kappa shape index (κ3) is 2.96. The van der Waals surface area contributed by atoms with Gasteiger partial charge in [-0.2, -0.15) is 0 Å². The number of rotatable bonds is 3. The molecule has 1 rings (SSSR count). The molecule has 0 aromatic heterocycles. The molecule has 0 heterocycles. The van der Waals surface area contributed by atoms with Crippen molar-refractivity contribution in [2.24, 2.45) is 0 Å². The summed E-state index contributed by atoms with van der Waals surface area (Å²) in [5.74, 6) is 0.665. The topological polar surface area (TPSA) is 0 Å². The van der Waals surface area contributed by atoms with Gasteiger partial charge in [-0.3, -0.25) is 0 Å². The number of alkyl halides is 2. The molecule has 0 fully saturated rings. The highest BCUT2D eigenvalue weighted by molar-refractivity contribution is 9.09. The van der Waals surface area contributed by atoms with E-state index in [0.29, 0.717) is 10.7 Å². The van der Waals surface area contributed by atoms with Crippen LogP contribution in [0.1, 0.15) is 16.8 Å². The molecule has 0 aliphatic rings. The maximum Gasteiger partial charge on any atom is 0.0406 e. The highest BCUT2D eigenvalue weighted by atomic mass is 79.9. The lowest BCUT2D eigenvalue weighted by Gasteiger charge is -2.07. The van der Waals surface area contributed by atoms with Crippen molar-refractivity contribution in [3.63, 3.8) is 0 Å². The van der Waals surface area contributed by atoms with Crippen LogP contribution in [0.3, 0.4) is 0 Å². The van der Waals surface area contributed by atoms with Crippen molar-refractivity contribution >= 4 is 39.1 Å². The summed E-state index contributed by atoms with van der Waals surface area (Å²) >= 11 is 14.9. The van der Waals surface area contributed by atoms with E-state index in [2.05, 4.69) is 15.9 Å². The summed E-state index contributed by atoms with van der Waals surface area (Å²) in [6.45, 7) is 0. The number of halogens is 3. The molecule has 0 saturated heterocycles. The molecule has 0 aliphatic carbocycles. The van der Waals surface area contributed by atoms with Crippen molar-refractivity contribution in [1.29, 1.82) is 0 Å². The molecule has 1 aromatic carbocycles. The van der Waals surface area contributed by atoms with Gasteiger partial charge < -0.3 is 0 Å². The van der Waals surface area contributed by atoms with Crippen molar-refractivity contribution in [2.45, 2.75) is 11.2 Å². The maximum atomic E-state index is 5.75. The molecule has 1 unspecified atom stereocenters. The first-order chi connectivity index (χ1) is 5.74. The van der Waals surface area contributed by atoms with E-state index in [1.807, 2.05) is 24.3 Å². The lowest BCUT2D eigenvalue weighted by Crippen LogP contribution is -1.89. The lowest BCUT2D eigenvalue weighted by molar-refractivity contribution is 0.918. The van der Waals surface area contributed by atoms with E-state index >= 15 is 0 Å². The van der Waals surface area contributed by atoms with Crippen molar-refractivity contribution in [3.05, 3.63) is 34.9 Å². The SMILES string of the molecule is ClCCC(Br)c1ccc(Cl)cc1. The lowest BCUT2D eigenvalue weighted by atomic mass is 10.1. The van der Waals surface area contributed by atoms with E-state index < -0.39 is 0 Å². The van der Waals surface area contributed by atoms with Gasteiger partial charge in [0.25, 0.3) is 0 Å². The molecule has 1 atom stereocenters. The Labute approximate surface area is 91.0 Å². The van der Waals surface area contributed by atoms with Crippen LogP contribution >= 0.6 is 39.1 Å². The Hall–Kier alpha value is 0.280. The summed E-state index contributed by atoms with van der Waals surface area (Å²) in [6, 6.07) is 7.79. The first-order valence-corrected chi connectivity index (χ1v) is 5.52. The molecule has 0 amide bonds. The second-order valence-electron chi connectivity index (χ2n) is 2.50. The number of hydrogen-bond acceptors (Lipinski definition) is 0. The first kappa shape index (κ1) is 10.4. The van der Waals surface area contributed by atoms with Gasteiger partial charge in [0.2, 0.25) is 0 Å². The quantitative estimate of drug-likeness (QED) is 0.712. The second-order valence-corrected chi connectivity index (χ2v) is 4.42. The van der Waals surface area contributed by atoms with E-state index in [-0.39, 0.29) is 0 Å². The van der Waals surface area contributed by atoms with Gasteiger partial charge in [0.1, 0.15) is 0 Å². The Morgan fingerprint density at radius 2 is 1.83 bits per heavy atom. The van der Waals surface area contributed by atoms with Crippen molar-refractivity contribution in [3.8, 4) is 0 Å². The first-order valence-electron chi connectivity index (χ1n) is 3.69. The van der Waals surface area contributed by atoms with E-state index in [0.717, 1.165) is 11.4 Å². The molecular weight excluding hydrogens is 259 g/mol. The predicted octanol–water partition coefficient (Wildman–Crippen LogP) is 4.40. The molecule has 1 aromatic rings. The molecule has 0 radical (unpaired) electrons. The van der Waals surface area contributed by atoms with Gasteiger partial charge in [0.05, 0.1) is 0 Å². The fourth-order valence-electron chi connectivity index (χ4n) is 0.934. The van der Waals surface area contributed by atoms with Crippen molar-refractivity contribution in [1.82, 2.24) is 0 Å². The Balaban J connectivity index is 2.68. The zero-order chi connectivity index (χ0) is 8.97. The average Bonchev–Trinajstić information content (AvgIpc) is 2.06. The second kappa shape index (κ2) is 5.11. The Morgan fingerprint density at radius 3 is 2.33 bits per heavy atom. The van der Waals surface area contributed by atoms with Gasteiger partial charge in [-0.25, -0.2) is 0 Å². The van der Waals surface area contributed by atoms with E-state index in [1.54, 1.807) is 0 Å². The number of benzene rings is 1. The third-order valence-electron chi connectivity index (χ3n) is 1.59. The largest absolute Gasteiger partial charge is 0.127 e. The molecular formula is C9H9BrCl2. The zero-order valence-corrected chi connectivity index (χ0v) is 9.53. The minimum atomic E-state index is 0.340. The Morgan fingerprint density at radius 1 is 1.25 bits per heavy atom. The third-order valence-corrected chi connectivity index (χ3v) is 3.05. The van der Waals surface area contributed by atoms with Crippen molar-refractivity contribution < 1.29 is 0 Å². The molecule has 0 nitrogen and oxygen atoms in total. The molecule has 12 heavy (non-hydrogen) atoms. The molecule has 0 aliphatic heterocycles. The minimum Gasteiger partial charge on any atom is -0.127 e. The van der Waals surface area contributed by atoms with Gasteiger partial charge in [-0.15, -0.1) is 11.6 Å². The normalized spacial score (nSPS) is 12.9. The van der Waals surface area contributed by atoms with E-state index in [4.69, 9.17) is 23.2 Å². The van der Waals surface area contributed by atoms with Crippen LogP contribution < -0.4 is 0 Å². The van der Waals surface area contributed by atoms with Gasteiger partial charge in [-0.1, -0.05) is 39.7 Å². The summed E-state index contributed by atoms with van der Waals surface area (Å²) < 4.78 is 0. The van der Waals surface area contributed by atoms with Crippen LogP contribution in [0.25, 0.3) is 0 Å². The smallest absolute Gasteiger partial charge is 0.0406 e. The monoisotopic (exact) mass is 266 g/mol. The molecule has 0 saturated carbocycles. The van der Waals surface area contributed by atoms with Crippen LogP contribution in [-0.4, -0.2) is 5.88 Å². The van der Waals surface area contributed by atoms with E-state index in [1.165, 1.54) is 5.56 Å². The average molecular weight is 268 g/mol. The predicted molar refractivity (Wildman–Crippen MR) is 58.5 cm³/mol.